The number of carbonyl (C=O) groups is 1. The summed E-state index contributed by atoms with van der Waals surface area (Å²) in [5.41, 5.74) is 1.72. The van der Waals surface area contributed by atoms with Crippen LogP contribution in [-0.4, -0.2) is 26.8 Å². The number of hydrogen-bond acceptors (Lipinski definition) is 4. The Kier molecular flexibility index (Phi) is 6.85. The second-order valence-corrected chi connectivity index (χ2v) is 8.68. The lowest BCUT2D eigenvalue weighted by molar-refractivity contribution is 0.234. The highest BCUT2D eigenvalue weighted by atomic mass is 32.2. The molecule has 2 N–H and O–H groups in total. The van der Waals surface area contributed by atoms with E-state index in [2.05, 4.69) is 10.6 Å². The van der Waals surface area contributed by atoms with E-state index in [4.69, 9.17) is 4.74 Å². The van der Waals surface area contributed by atoms with E-state index in [0.29, 0.717) is 6.54 Å². The van der Waals surface area contributed by atoms with Crippen LogP contribution >= 0.6 is 0 Å². The van der Waals surface area contributed by atoms with E-state index in [1.807, 2.05) is 45.0 Å². The van der Waals surface area contributed by atoms with Crippen molar-refractivity contribution in [2.45, 2.75) is 44.4 Å². The lowest BCUT2D eigenvalue weighted by Crippen LogP contribution is -2.36. The minimum atomic E-state index is -3.23. The quantitative estimate of drug-likeness (QED) is 0.758. The van der Waals surface area contributed by atoms with Crippen LogP contribution in [0.1, 0.15) is 37.9 Å². The third-order valence-electron chi connectivity index (χ3n) is 3.93. The van der Waals surface area contributed by atoms with Crippen molar-refractivity contribution in [2.75, 3.05) is 6.26 Å². The van der Waals surface area contributed by atoms with E-state index < -0.39 is 9.84 Å². The van der Waals surface area contributed by atoms with Gasteiger partial charge in [-0.1, -0.05) is 30.3 Å². The van der Waals surface area contributed by atoms with Gasteiger partial charge in [0, 0.05) is 18.4 Å². The first kappa shape index (κ1) is 20.8. The van der Waals surface area contributed by atoms with Crippen LogP contribution in [0.5, 0.6) is 5.75 Å². The SMILES string of the molecule is CC(C)Oc1ccccc1CNC(=O)NC(C)c1ccc(S(C)(=O)=O)cc1. The molecule has 0 saturated heterocycles. The molecule has 2 rings (SSSR count). The van der Waals surface area contributed by atoms with E-state index in [0.717, 1.165) is 23.1 Å². The standard InChI is InChI=1S/C20H26N2O4S/c1-14(2)26-19-8-6-5-7-17(19)13-21-20(23)22-15(3)16-9-11-18(12-10-16)27(4,24)25/h5-12,14-15H,13H2,1-4H3,(H2,21,22,23). The maximum atomic E-state index is 12.2. The number of benzene rings is 2. The third kappa shape index (κ3) is 6.29. The molecule has 0 aromatic heterocycles. The molecule has 0 aliphatic carbocycles. The van der Waals surface area contributed by atoms with E-state index in [1.165, 1.54) is 0 Å². The van der Waals surface area contributed by atoms with Gasteiger partial charge in [0.1, 0.15) is 5.75 Å². The fourth-order valence-electron chi connectivity index (χ4n) is 2.53. The predicted molar refractivity (Wildman–Crippen MR) is 106 cm³/mol. The summed E-state index contributed by atoms with van der Waals surface area (Å²) in [5.74, 6) is 0.747. The van der Waals surface area contributed by atoms with Gasteiger partial charge in [-0.15, -0.1) is 0 Å². The van der Waals surface area contributed by atoms with Crippen LogP contribution in [0, 0.1) is 0 Å². The van der Waals surface area contributed by atoms with E-state index in [9.17, 15) is 13.2 Å². The molecule has 146 valence electrons. The van der Waals surface area contributed by atoms with Gasteiger partial charge in [0.25, 0.3) is 0 Å². The summed E-state index contributed by atoms with van der Waals surface area (Å²) in [5, 5.41) is 5.67. The lowest BCUT2D eigenvalue weighted by atomic mass is 10.1. The van der Waals surface area contributed by atoms with Crippen LogP contribution < -0.4 is 15.4 Å². The van der Waals surface area contributed by atoms with Crippen molar-refractivity contribution in [1.29, 1.82) is 0 Å². The number of ether oxygens (including phenoxy) is 1. The first-order valence-corrected chi connectivity index (χ1v) is 10.6. The Labute approximate surface area is 160 Å². The largest absolute Gasteiger partial charge is 0.491 e. The van der Waals surface area contributed by atoms with Crippen molar-refractivity contribution in [3.63, 3.8) is 0 Å². The van der Waals surface area contributed by atoms with Crippen molar-refractivity contribution in [3.8, 4) is 5.75 Å². The van der Waals surface area contributed by atoms with Gasteiger partial charge in [-0.05, 0) is 44.5 Å². The van der Waals surface area contributed by atoms with Crippen molar-refractivity contribution >= 4 is 15.9 Å². The van der Waals surface area contributed by atoms with Crippen LogP contribution in [0.15, 0.2) is 53.4 Å². The molecule has 0 saturated carbocycles. The molecule has 2 amide bonds. The van der Waals surface area contributed by atoms with Crippen LogP contribution in [0.4, 0.5) is 4.79 Å². The zero-order chi connectivity index (χ0) is 20.0. The molecule has 0 bridgehead atoms. The van der Waals surface area contributed by atoms with Gasteiger partial charge < -0.3 is 15.4 Å². The molecule has 1 unspecified atom stereocenters. The Hall–Kier alpha value is -2.54. The van der Waals surface area contributed by atoms with Crippen LogP contribution in [0.3, 0.4) is 0 Å². The molecule has 27 heavy (non-hydrogen) atoms. The minimum Gasteiger partial charge on any atom is -0.491 e. The summed E-state index contributed by atoms with van der Waals surface area (Å²) in [4.78, 5) is 12.5. The first-order valence-electron chi connectivity index (χ1n) is 8.75. The summed E-state index contributed by atoms with van der Waals surface area (Å²) in [6.07, 6.45) is 1.22. The normalized spacial score (nSPS) is 12.5. The van der Waals surface area contributed by atoms with Gasteiger partial charge in [0.05, 0.1) is 17.0 Å². The molecule has 0 aliphatic rings. The zero-order valence-corrected chi connectivity index (χ0v) is 16.8. The van der Waals surface area contributed by atoms with Gasteiger partial charge in [-0.25, -0.2) is 13.2 Å². The number of sulfone groups is 1. The monoisotopic (exact) mass is 390 g/mol. The van der Waals surface area contributed by atoms with E-state index >= 15 is 0 Å². The lowest BCUT2D eigenvalue weighted by Gasteiger charge is -2.17. The minimum absolute atomic E-state index is 0.0508. The highest BCUT2D eigenvalue weighted by Gasteiger charge is 2.12. The van der Waals surface area contributed by atoms with Gasteiger partial charge in [0.2, 0.25) is 0 Å². The number of rotatable bonds is 7. The van der Waals surface area contributed by atoms with E-state index in [1.54, 1.807) is 24.3 Å². The van der Waals surface area contributed by atoms with Gasteiger partial charge in [-0.2, -0.15) is 0 Å². The summed E-state index contributed by atoms with van der Waals surface area (Å²) >= 11 is 0. The molecular weight excluding hydrogens is 364 g/mol. The maximum absolute atomic E-state index is 12.2. The average molecular weight is 391 g/mol. The van der Waals surface area contributed by atoms with Crippen molar-refractivity contribution in [2.24, 2.45) is 0 Å². The Balaban J connectivity index is 1.94. The number of urea groups is 1. The number of para-hydroxylation sites is 1. The molecule has 7 heteroatoms. The zero-order valence-electron chi connectivity index (χ0n) is 16.0. The van der Waals surface area contributed by atoms with Crippen LogP contribution in [0.2, 0.25) is 0 Å². The summed E-state index contributed by atoms with van der Waals surface area (Å²) in [6, 6.07) is 13.5. The molecule has 2 aromatic rings. The average Bonchev–Trinajstić information content (AvgIpc) is 2.60. The molecule has 2 aromatic carbocycles. The third-order valence-corrected chi connectivity index (χ3v) is 5.06. The topological polar surface area (TPSA) is 84.5 Å². The Morgan fingerprint density at radius 3 is 2.26 bits per heavy atom. The van der Waals surface area contributed by atoms with Crippen molar-refractivity contribution in [3.05, 3.63) is 59.7 Å². The Morgan fingerprint density at radius 2 is 1.67 bits per heavy atom. The highest BCUT2D eigenvalue weighted by Crippen LogP contribution is 2.19. The van der Waals surface area contributed by atoms with Crippen LogP contribution in [-0.2, 0) is 16.4 Å². The highest BCUT2D eigenvalue weighted by molar-refractivity contribution is 7.90. The number of carbonyl (C=O) groups excluding carboxylic acids is 1. The predicted octanol–water partition coefficient (Wildman–Crippen LogP) is 3.44. The van der Waals surface area contributed by atoms with Crippen LogP contribution in [0.25, 0.3) is 0 Å². The van der Waals surface area contributed by atoms with Crippen molar-refractivity contribution in [1.82, 2.24) is 10.6 Å². The molecule has 6 nitrogen and oxygen atoms in total. The summed E-state index contributed by atoms with van der Waals surface area (Å²) < 4.78 is 28.8. The maximum Gasteiger partial charge on any atom is 0.315 e. The second kappa shape index (κ2) is 8.90. The Morgan fingerprint density at radius 1 is 1.04 bits per heavy atom. The van der Waals surface area contributed by atoms with E-state index in [-0.39, 0.29) is 23.1 Å². The molecule has 0 fully saturated rings. The smallest absolute Gasteiger partial charge is 0.315 e. The van der Waals surface area contributed by atoms with Gasteiger partial charge in [0.15, 0.2) is 9.84 Å². The molecular formula is C20H26N2O4S. The van der Waals surface area contributed by atoms with Gasteiger partial charge >= 0.3 is 6.03 Å². The number of amides is 2. The molecule has 0 aliphatic heterocycles. The molecule has 0 heterocycles. The molecule has 0 spiro atoms. The number of nitrogens with one attached hydrogen (secondary N) is 2. The second-order valence-electron chi connectivity index (χ2n) is 6.66. The van der Waals surface area contributed by atoms with Gasteiger partial charge in [-0.3, -0.25) is 0 Å². The Bertz CT molecular complexity index is 877. The molecule has 0 radical (unpaired) electrons. The summed E-state index contributed by atoms with van der Waals surface area (Å²) in [7, 11) is -3.23. The first-order chi connectivity index (χ1) is 12.7. The van der Waals surface area contributed by atoms with Crippen molar-refractivity contribution < 1.29 is 17.9 Å². The molecule has 1 atom stereocenters. The fourth-order valence-corrected chi connectivity index (χ4v) is 3.16. The number of hydrogen-bond donors (Lipinski definition) is 2. The summed E-state index contributed by atoms with van der Waals surface area (Å²) in [6.45, 7) is 6.08. The fraction of sp³-hybridized carbons (Fsp3) is 0.350.